The summed E-state index contributed by atoms with van der Waals surface area (Å²) in [6, 6.07) is 6.00. The minimum Gasteiger partial charge on any atom is -0.360 e. The number of halogens is 2. The maximum absolute atomic E-state index is 14.2. The molecule has 0 unspecified atom stereocenters. The van der Waals surface area contributed by atoms with Crippen molar-refractivity contribution >= 4 is 23.5 Å². The standard InChI is InChI=1S/C17H15ClFN5O2/c1-8-7-9(2)21-17(20-8)23-22-16(25)13-10(3)26-24-15(13)14-11(18)5-4-6-12(14)19/h4-7H,1-3H3,(H,22,25)(H,20,21,23). The summed E-state index contributed by atoms with van der Waals surface area (Å²) in [5, 5.41) is 3.92. The third-order valence-corrected chi connectivity index (χ3v) is 3.87. The van der Waals surface area contributed by atoms with Crippen LogP contribution in [0.1, 0.15) is 27.5 Å². The monoisotopic (exact) mass is 375 g/mol. The van der Waals surface area contributed by atoms with Crippen LogP contribution < -0.4 is 10.9 Å². The zero-order chi connectivity index (χ0) is 18.8. The minimum atomic E-state index is -0.606. The number of aryl methyl sites for hydroxylation is 3. The van der Waals surface area contributed by atoms with Crippen molar-refractivity contribution < 1.29 is 13.7 Å². The number of benzene rings is 1. The van der Waals surface area contributed by atoms with Gasteiger partial charge in [0.1, 0.15) is 22.8 Å². The van der Waals surface area contributed by atoms with Gasteiger partial charge in [0.25, 0.3) is 5.91 Å². The summed E-state index contributed by atoms with van der Waals surface area (Å²) in [5.74, 6) is -0.735. The maximum Gasteiger partial charge on any atom is 0.275 e. The van der Waals surface area contributed by atoms with Gasteiger partial charge in [0.15, 0.2) is 0 Å². The lowest BCUT2D eigenvalue weighted by atomic mass is 10.1. The third-order valence-electron chi connectivity index (χ3n) is 3.56. The Morgan fingerprint density at radius 2 is 1.88 bits per heavy atom. The molecule has 0 fully saturated rings. The van der Waals surface area contributed by atoms with Crippen LogP contribution in [0.3, 0.4) is 0 Å². The average molecular weight is 376 g/mol. The number of carbonyl (C=O) groups is 1. The molecule has 0 saturated heterocycles. The molecule has 0 spiro atoms. The van der Waals surface area contributed by atoms with Gasteiger partial charge in [-0.1, -0.05) is 22.8 Å². The topological polar surface area (TPSA) is 92.9 Å². The zero-order valence-corrected chi connectivity index (χ0v) is 15.0. The molecule has 0 saturated carbocycles. The van der Waals surface area contributed by atoms with Gasteiger partial charge < -0.3 is 4.52 Å². The second kappa shape index (κ2) is 7.09. The highest BCUT2D eigenvalue weighted by atomic mass is 35.5. The normalized spacial score (nSPS) is 10.7. The van der Waals surface area contributed by atoms with E-state index < -0.39 is 11.7 Å². The lowest BCUT2D eigenvalue weighted by Gasteiger charge is -2.09. The van der Waals surface area contributed by atoms with Crippen molar-refractivity contribution in [3.05, 3.63) is 57.8 Å². The molecule has 0 aliphatic heterocycles. The highest BCUT2D eigenvalue weighted by molar-refractivity contribution is 6.33. The van der Waals surface area contributed by atoms with Crippen molar-refractivity contribution in [2.45, 2.75) is 20.8 Å². The van der Waals surface area contributed by atoms with E-state index in [9.17, 15) is 9.18 Å². The van der Waals surface area contributed by atoms with E-state index in [2.05, 4.69) is 26.0 Å². The molecule has 2 N–H and O–H groups in total. The molecule has 0 bridgehead atoms. The average Bonchev–Trinajstić information content (AvgIpc) is 2.93. The second-order valence-corrected chi connectivity index (χ2v) is 6.02. The molecule has 26 heavy (non-hydrogen) atoms. The SMILES string of the molecule is Cc1cc(C)nc(NNC(=O)c2c(-c3c(F)cccc3Cl)noc2C)n1. The van der Waals surface area contributed by atoms with Gasteiger partial charge in [-0.3, -0.25) is 15.6 Å². The van der Waals surface area contributed by atoms with Crippen LogP contribution >= 0.6 is 11.6 Å². The van der Waals surface area contributed by atoms with Crippen molar-refractivity contribution in [3.8, 4) is 11.3 Å². The molecule has 9 heteroatoms. The predicted molar refractivity (Wildman–Crippen MR) is 94.2 cm³/mol. The van der Waals surface area contributed by atoms with Crippen LogP contribution in [0.4, 0.5) is 10.3 Å². The van der Waals surface area contributed by atoms with Crippen LogP contribution in [0.2, 0.25) is 5.02 Å². The quantitative estimate of drug-likeness (QED) is 0.677. The summed E-state index contributed by atoms with van der Waals surface area (Å²) in [5.41, 5.74) is 6.67. The Labute approximate surface area is 153 Å². The van der Waals surface area contributed by atoms with E-state index in [1.807, 2.05) is 13.8 Å². The van der Waals surface area contributed by atoms with Crippen LogP contribution in [-0.2, 0) is 0 Å². The van der Waals surface area contributed by atoms with Crippen molar-refractivity contribution in [1.82, 2.24) is 20.6 Å². The molecule has 134 valence electrons. The highest BCUT2D eigenvalue weighted by Gasteiger charge is 2.25. The molecular weight excluding hydrogens is 361 g/mol. The summed E-state index contributed by atoms with van der Waals surface area (Å²) >= 11 is 6.07. The van der Waals surface area contributed by atoms with Crippen LogP contribution in [0.15, 0.2) is 28.8 Å². The Bertz CT molecular complexity index is 949. The fraction of sp³-hybridized carbons (Fsp3) is 0.176. The molecule has 2 aromatic heterocycles. The van der Waals surface area contributed by atoms with E-state index in [1.165, 1.54) is 18.2 Å². The molecule has 1 amide bonds. The first-order chi connectivity index (χ1) is 12.4. The van der Waals surface area contributed by atoms with E-state index in [0.717, 1.165) is 11.4 Å². The summed E-state index contributed by atoms with van der Waals surface area (Å²) in [6.07, 6.45) is 0. The molecule has 3 aromatic rings. The van der Waals surface area contributed by atoms with E-state index in [4.69, 9.17) is 16.1 Å². The number of hydrogen-bond acceptors (Lipinski definition) is 6. The Morgan fingerprint density at radius 1 is 1.19 bits per heavy atom. The number of amides is 1. The first-order valence-electron chi connectivity index (χ1n) is 7.66. The van der Waals surface area contributed by atoms with Crippen molar-refractivity contribution in [2.24, 2.45) is 0 Å². The van der Waals surface area contributed by atoms with Crippen molar-refractivity contribution in [1.29, 1.82) is 0 Å². The van der Waals surface area contributed by atoms with Crippen LogP contribution in [0, 0.1) is 26.6 Å². The summed E-state index contributed by atoms with van der Waals surface area (Å²) < 4.78 is 19.3. The van der Waals surface area contributed by atoms with Crippen LogP contribution in [-0.4, -0.2) is 21.0 Å². The minimum absolute atomic E-state index is 0.00110. The van der Waals surface area contributed by atoms with Gasteiger partial charge >= 0.3 is 0 Å². The molecule has 3 rings (SSSR count). The summed E-state index contributed by atoms with van der Waals surface area (Å²) in [4.78, 5) is 20.9. The fourth-order valence-corrected chi connectivity index (χ4v) is 2.74. The number of aromatic nitrogens is 3. The van der Waals surface area contributed by atoms with E-state index >= 15 is 0 Å². The number of anilines is 1. The van der Waals surface area contributed by atoms with E-state index in [1.54, 1.807) is 13.0 Å². The Morgan fingerprint density at radius 3 is 2.54 bits per heavy atom. The van der Waals surface area contributed by atoms with E-state index in [-0.39, 0.29) is 33.6 Å². The van der Waals surface area contributed by atoms with Gasteiger partial charge in [0.2, 0.25) is 5.95 Å². The van der Waals surface area contributed by atoms with Gasteiger partial charge in [-0.2, -0.15) is 0 Å². The molecule has 2 heterocycles. The van der Waals surface area contributed by atoms with Gasteiger partial charge in [-0.25, -0.2) is 14.4 Å². The number of carbonyl (C=O) groups excluding carboxylic acids is 1. The van der Waals surface area contributed by atoms with Crippen molar-refractivity contribution in [3.63, 3.8) is 0 Å². The predicted octanol–water partition coefficient (Wildman–Crippen LogP) is 3.61. The Balaban J connectivity index is 1.90. The third kappa shape index (κ3) is 3.50. The molecule has 0 aliphatic rings. The van der Waals surface area contributed by atoms with Gasteiger partial charge in [-0.05, 0) is 39.0 Å². The summed E-state index contributed by atoms with van der Waals surface area (Å²) in [6.45, 7) is 5.17. The lowest BCUT2D eigenvalue weighted by molar-refractivity contribution is 0.0961. The zero-order valence-electron chi connectivity index (χ0n) is 14.2. The Hall–Kier alpha value is -3.00. The molecule has 1 aromatic carbocycles. The lowest BCUT2D eigenvalue weighted by Crippen LogP contribution is -2.31. The first kappa shape index (κ1) is 17.8. The van der Waals surface area contributed by atoms with E-state index in [0.29, 0.717) is 0 Å². The number of nitrogens with zero attached hydrogens (tertiary/aromatic N) is 3. The molecule has 0 atom stereocenters. The number of rotatable bonds is 4. The van der Waals surface area contributed by atoms with Crippen LogP contribution in [0.5, 0.6) is 0 Å². The molecule has 0 radical (unpaired) electrons. The highest BCUT2D eigenvalue weighted by Crippen LogP contribution is 2.33. The van der Waals surface area contributed by atoms with Gasteiger partial charge in [0, 0.05) is 11.4 Å². The summed E-state index contributed by atoms with van der Waals surface area (Å²) in [7, 11) is 0. The number of hydrogen-bond donors (Lipinski definition) is 2. The van der Waals surface area contributed by atoms with Gasteiger partial charge in [0.05, 0.1) is 10.6 Å². The first-order valence-corrected chi connectivity index (χ1v) is 8.04. The van der Waals surface area contributed by atoms with Crippen molar-refractivity contribution in [2.75, 3.05) is 5.43 Å². The fourth-order valence-electron chi connectivity index (χ4n) is 2.49. The number of nitrogens with one attached hydrogen (secondary N) is 2. The van der Waals surface area contributed by atoms with Crippen LogP contribution in [0.25, 0.3) is 11.3 Å². The van der Waals surface area contributed by atoms with Gasteiger partial charge in [-0.15, -0.1) is 0 Å². The maximum atomic E-state index is 14.2. The largest absolute Gasteiger partial charge is 0.360 e. The number of hydrazine groups is 1. The second-order valence-electron chi connectivity index (χ2n) is 5.61. The molecule has 0 aliphatic carbocycles. The smallest absolute Gasteiger partial charge is 0.275 e. The molecular formula is C17H15ClFN5O2. The Kier molecular flexibility index (Phi) is 4.85. The molecule has 7 nitrogen and oxygen atoms in total.